The smallest absolute Gasteiger partial charge is 0.304 e. The number of ketones is 3. The Bertz CT molecular complexity index is 976. The molecule has 1 aliphatic rings. The number of hydrogen-bond donors (Lipinski definition) is 2. The molecule has 0 fully saturated rings. The minimum Gasteiger partial charge on any atom is -0.508 e. The van der Waals surface area contributed by atoms with Crippen molar-refractivity contribution in [1.82, 2.24) is 0 Å². The summed E-state index contributed by atoms with van der Waals surface area (Å²) in [6, 6.07) is 6.31. The molecule has 126 valence electrons. The average molecular weight is 339 g/mol. The van der Waals surface area contributed by atoms with Crippen LogP contribution >= 0.6 is 0 Å². The quantitative estimate of drug-likeness (QED) is 0.656. The highest BCUT2D eigenvalue weighted by Crippen LogP contribution is 2.42. The number of hydrogen-bond acceptors (Lipinski definition) is 6. The summed E-state index contributed by atoms with van der Waals surface area (Å²) >= 11 is 0. The first-order chi connectivity index (χ1) is 11.7. The van der Waals surface area contributed by atoms with Gasteiger partial charge in [0.25, 0.3) is 5.78 Å². The molecule has 0 saturated carbocycles. The molecule has 0 spiro atoms. The van der Waals surface area contributed by atoms with Gasteiger partial charge in [-0.1, -0.05) is 0 Å². The minimum absolute atomic E-state index is 0.0139. The second-order valence-electron chi connectivity index (χ2n) is 5.64. The fourth-order valence-corrected chi connectivity index (χ4v) is 2.92. The van der Waals surface area contributed by atoms with E-state index in [1.54, 1.807) is 0 Å². The Balaban J connectivity index is 2.32. The molecule has 1 heterocycles. The highest BCUT2D eigenvalue weighted by Gasteiger charge is 2.41. The van der Waals surface area contributed by atoms with Crippen molar-refractivity contribution in [2.75, 3.05) is 4.90 Å². The number of anilines is 2. The van der Waals surface area contributed by atoms with Gasteiger partial charge in [0.05, 0.1) is 16.9 Å². The van der Waals surface area contributed by atoms with Crippen molar-refractivity contribution in [3.8, 4) is 11.5 Å². The third kappa shape index (κ3) is 2.37. The Kier molecular flexibility index (Phi) is 3.64. The van der Waals surface area contributed by atoms with Gasteiger partial charge in [0.15, 0.2) is 11.6 Å². The molecule has 3 rings (SSSR count). The van der Waals surface area contributed by atoms with Crippen molar-refractivity contribution in [3.05, 3.63) is 47.0 Å². The number of Topliss-reactive ketones (excluding diaryl/α,β-unsaturated/α-hetero) is 3. The number of benzene rings is 2. The number of phenols is 2. The molecule has 25 heavy (non-hydrogen) atoms. The molecule has 0 unspecified atom stereocenters. The lowest BCUT2D eigenvalue weighted by atomic mass is 9.93. The fraction of sp³-hybridized carbons (Fsp3) is 0.111. The van der Waals surface area contributed by atoms with Gasteiger partial charge >= 0.3 is 5.91 Å². The lowest BCUT2D eigenvalue weighted by molar-refractivity contribution is -0.113. The summed E-state index contributed by atoms with van der Waals surface area (Å²) in [7, 11) is 0. The number of carbonyl (C=O) groups is 4. The van der Waals surface area contributed by atoms with E-state index < -0.39 is 29.0 Å². The zero-order valence-electron chi connectivity index (χ0n) is 13.4. The first-order valence-corrected chi connectivity index (χ1v) is 7.33. The summed E-state index contributed by atoms with van der Waals surface area (Å²) in [5.41, 5.74) is -0.114. The molecular weight excluding hydrogens is 326 g/mol. The Morgan fingerprint density at radius 1 is 0.920 bits per heavy atom. The predicted octanol–water partition coefficient (Wildman–Crippen LogP) is 2.36. The maximum absolute atomic E-state index is 12.5. The molecule has 2 N–H and O–H groups in total. The minimum atomic E-state index is -0.959. The Morgan fingerprint density at radius 3 is 2.12 bits per heavy atom. The van der Waals surface area contributed by atoms with E-state index in [2.05, 4.69) is 0 Å². The van der Waals surface area contributed by atoms with Crippen LogP contribution in [0.1, 0.15) is 44.9 Å². The van der Waals surface area contributed by atoms with Crippen LogP contribution in [-0.2, 0) is 4.79 Å². The van der Waals surface area contributed by atoms with E-state index in [1.165, 1.54) is 38.1 Å². The van der Waals surface area contributed by atoms with Crippen LogP contribution in [0.3, 0.4) is 0 Å². The number of phenolic OH excluding ortho intramolecular Hbond substituents is 2. The maximum Gasteiger partial charge on any atom is 0.304 e. The standard InChI is InChI=1S/C18H13NO6/c1-8(20)11-4-6-13-16(15(11)9(2)21)17(24)18(25)19(13)12-5-3-10(22)7-14(12)23/h3-7,22-23H,1-2H3. The molecule has 7 nitrogen and oxygen atoms in total. The first kappa shape index (κ1) is 16.4. The lowest BCUT2D eigenvalue weighted by Crippen LogP contribution is -2.25. The van der Waals surface area contributed by atoms with Crippen LogP contribution in [0.2, 0.25) is 0 Å². The fourth-order valence-electron chi connectivity index (χ4n) is 2.92. The summed E-state index contributed by atoms with van der Waals surface area (Å²) < 4.78 is 0. The number of rotatable bonds is 3. The second-order valence-corrected chi connectivity index (χ2v) is 5.64. The zero-order valence-corrected chi connectivity index (χ0v) is 13.4. The highest BCUT2D eigenvalue weighted by molar-refractivity contribution is 6.55. The summed E-state index contributed by atoms with van der Waals surface area (Å²) in [5.74, 6) is -3.43. The molecule has 0 radical (unpaired) electrons. The summed E-state index contributed by atoms with van der Waals surface area (Å²) in [6.45, 7) is 2.47. The van der Waals surface area contributed by atoms with Gasteiger partial charge in [-0.25, -0.2) is 0 Å². The largest absolute Gasteiger partial charge is 0.508 e. The van der Waals surface area contributed by atoms with Crippen molar-refractivity contribution in [2.45, 2.75) is 13.8 Å². The number of carbonyl (C=O) groups excluding carboxylic acids is 4. The summed E-state index contributed by atoms with van der Waals surface area (Å²) in [4.78, 5) is 49.7. The van der Waals surface area contributed by atoms with Crippen LogP contribution in [0.4, 0.5) is 11.4 Å². The van der Waals surface area contributed by atoms with Crippen molar-refractivity contribution >= 4 is 34.6 Å². The normalized spacial score (nSPS) is 13.1. The van der Waals surface area contributed by atoms with E-state index in [-0.39, 0.29) is 33.8 Å². The molecule has 1 amide bonds. The Labute approximate surface area is 142 Å². The topological polar surface area (TPSA) is 112 Å². The molecule has 7 heteroatoms. The maximum atomic E-state index is 12.5. The average Bonchev–Trinajstić information content (AvgIpc) is 2.78. The molecule has 2 aromatic rings. The van der Waals surface area contributed by atoms with Crippen molar-refractivity contribution < 1.29 is 29.4 Å². The number of fused-ring (bicyclic) bond motifs is 1. The molecule has 0 saturated heterocycles. The zero-order chi connectivity index (χ0) is 18.5. The van der Waals surface area contributed by atoms with Crippen LogP contribution in [0, 0.1) is 0 Å². The lowest BCUT2D eigenvalue weighted by Gasteiger charge is -2.18. The highest BCUT2D eigenvalue weighted by atomic mass is 16.3. The summed E-state index contributed by atoms with van der Waals surface area (Å²) in [6.07, 6.45) is 0. The number of aromatic hydroxyl groups is 2. The third-order valence-corrected chi connectivity index (χ3v) is 3.98. The number of nitrogens with zero attached hydrogens (tertiary/aromatic N) is 1. The van der Waals surface area contributed by atoms with Crippen molar-refractivity contribution in [1.29, 1.82) is 0 Å². The van der Waals surface area contributed by atoms with Gasteiger partial charge in [0, 0.05) is 17.2 Å². The van der Waals surface area contributed by atoms with Crippen LogP contribution in [0.5, 0.6) is 11.5 Å². The molecule has 0 aromatic heterocycles. The van der Waals surface area contributed by atoms with Crippen LogP contribution in [0.25, 0.3) is 0 Å². The molecular formula is C18H13NO6. The first-order valence-electron chi connectivity index (χ1n) is 7.33. The Hall–Kier alpha value is -3.48. The van der Waals surface area contributed by atoms with Crippen LogP contribution in [0.15, 0.2) is 30.3 Å². The van der Waals surface area contributed by atoms with E-state index in [4.69, 9.17) is 0 Å². The van der Waals surface area contributed by atoms with Gasteiger partial charge in [0.2, 0.25) is 0 Å². The van der Waals surface area contributed by atoms with E-state index in [9.17, 15) is 29.4 Å². The molecule has 2 aromatic carbocycles. The monoisotopic (exact) mass is 339 g/mol. The van der Waals surface area contributed by atoms with Gasteiger partial charge in [0.1, 0.15) is 11.5 Å². The van der Waals surface area contributed by atoms with Gasteiger partial charge in [-0.3, -0.25) is 24.1 Å². The van der Waals surface area contributed by atoms with Crippen LogP contribution < -0.4 is 4.90 Å². The molecule has 1 aliphatic heterocycles. The van der Waals surface area contributed by atoms with E-state index >= 15 is 0 Å². The SMILES string of the molecule is CC(=O)c1ccc2c(c1C(C)=O)C(=O)C(=O)N2c1ccc(O)cc1O. The third-order valence-electron chi connectivity index (χ3n) is 3.98. The van der Waals surface area contributed by atoms with Crippen molar-refractivity contribution in [3.63, 3.8) is 0 Å². The molecule has 0 aliphatic carbocycles. The van der Waals surface area contributed by atoms with Gasteiger partial charge < -0.3 is 10.2 Å². The van der Waals surface area contributed by atoms with Crippen molar-refractivity contribution in [2.24, 2.45) is 0 Å². The number of amides is 1. The summed E-state index contributed by atoms with van der Waals surface area (Å²) in [5, 5.41) is 19.4. The molecule has 0 atom stereocenters. The van der Waals surface area contributed by atoms with E-state index in [0.717, 1.165) is 11.0 Å². The second kappa shape index (κ2) is 5.55. The molecule has 0 bridgehead atoms. The van der Waals surface area contributed by atoms with E-state index in [0.29, 0.717) is 0 Å². The van der Waals surface area contributed by atoms with Crippen LogP contribution in [-0.4, -0.2) is 33.5 Å². The van der Waals surface area contributed by atoms with Gasteiger partial charge in [-0.15, -0.1) is 0 Å². The van der Waals surface area contributed by atoms with Gasteiger partial charge in [-0.2, -0.15) is 0 Å². The Morgan fingerprint density at radius 2 is 1.56 bits per heavy atom. The van der Waals surface area contributed by atoms with Gasteiger partial charge in [-0.05, 0) is 38.1 Å². The predicted molar refractivity (Wildman–Crippen MR) is 87.7 cm³/mol. The van der Waals surface area contributed by atoms with E-state index in [1.807, 2.05) is 0 Å².